The summed E-state index contributed by atoms with van der Waals surface area (Å²) in [5.41, 5.74) is 4.05. The van der Waals surface area contributed by atoms with Gasteiger partial charge in [0.25, 0.3) is 0 Å². The number of aliphatic carboxylic acids is 1. The van der Waals surface area contributed by atoms with E-state index < -0.39 is 11.9 Å². The number of rotatable bonds is 7. The van der Waals surface area contributed by atoms with Gasteiger partial charge in [-0.3, -0.25) is 4.79 Å². The quantitative estimate of drug-likeness (QED) is 0.814. The van der Waals surface area contributed by atoms with E-state index in [9.17, 15) is 14.7 Å². The minimum absolute atomic E-state index is 0.0117. The van der Waals surface area contributed by atoms with Gasteiger partial charge >= 0.3 is 11.9 Å². The lowest BCUT2D eigenvalue weighted by molar-refractivity contribution is -0.136. The third kappa shape index (κ3) is 4.35. The molecule has 0 radical (unpaired) electrons. The van der Waals surface area contributed by atoms with Crippen LogP contribution in [-0.4, -0.2) is 28.7 Å². The summed E-state index contributed by atoms with van der Waals surface area (Å²) in [7, 11) is 0. The summed E-state index contributed by atoms with van der Waals surface area (Å²) < 4.78 is 0. The number of benzene rings is 2. The fourth-order valence-corrected chi connectivity index (χ4v) is 2.52. The van der Waals surface area contributed by atoms with Crippen LogP contribution in [0.1, 0.15) is 33.5 Å². The lowest BCUT2D eigenvalue weighted by Gasteiger charge is -2.26. The number of hydrogen-bond acceptors (Lipinski definition) is 3. The van der Waals surface area contributed by atoms with Crippen molar-refractivity contribution in [1.82, 2.24) is 0 Å². The van der Waals surface area contributed by atoms with E-state index in [1.165, 1.54) is 0 Å². The minimum atomic E-state index is -0.983. The second kappa shape index (κ2) is 7.64. The molecule has 0 aliphatic rings. The summed E-state index contributed by atoms with van der Waals surface area (Å²) in [6.45, 7) is 4.67. The zero-order chi connectivity index (χ0) is 17.7. The van der Waals surface area contributed by atoms with E-state index in [-0.39, 0.29) is 12.0 Å². The monoisotopic (exact) mass is 327 g/mol. The third-order valence-electron chi connectivity index (χ3n) is 4.06. The Bertz CT molecular complexity index is 755. The van der Waals surface area contributed by atoms with E-state index in [2.05, 4.69) is 0 Å². The normalized spacial score (nSPS) is 10.4. The maximum absolute atomic E-state index is 11.4. The Kier molecular flexibility index (Phi) is 5.58. The highest BCUT2D eigenvalue weighted by Crippen LogP contribution is 2.22. The molecular weight excluding hydrogens is 306 g/mol. The Morgan fingerprint density at radius 2 is 1.71 bits per heavy atom. The van der Waals surface area contributed by atoms with Crippen LogP contribution in [-0.2, 0) is 11.3 Å². The molecule has 24 heavy (non-hydrogen) atoms. The lowest BCUT2D eigenvalue weighted by Crippen LogP contribution is -2.26. The number of aryl methyl sites for hydroxylation is 2. The first kappa shape index (κ1) is 17.5. The largest absolute Gasteiger partial charge is 0.481 e. The number of aromatic carboxylic acids is 1. The van der Waals surface area contributed by atoms with E-state index in [1.54, 1.807) is 24.3 Å². The second-order valence-electron chi connectivity index (χ2n) is 5.80. The van der Waals surface area contributed by atoms with Gasteiger partial charge in [0.2, 0.25) is 0 Å². The zero-order valence-electron chi connectivity index (χ0n) is 13.8. The molecule has 0 bridgehead atoms. The van der Waals surface area contributed by atoms with Crippen molar-refractivity contribution < 1.29 is 19.8 Å². The standard InChI is InChI=1S/C19H21NO4/c1-13-7-8-16(11-14(13)2)20(10-9-18(21)22)12-15-5-3-4-6-17(15)19(23)24/h3-8,11H,9-10,12H2,1-2H3,(H,21,22)(H,23,24). The Balaban J connectivity index is 2.34. The van der Waals surface area contributed by atoms with Crippen molar-refractivity contribution in [2.45, 2.75) is 26.8 Å². The highest BCUT2D eigenvalue weighted by Gasteiger charge is 2.15. The predicted octanol–water partition coefficient (Wildman–Crippen LogP) is 3.48. The molecule has 0 heterocycles. The minimum Gasteiger partial charge on any atom is -0.481 e. The molecule has 0 aromatic heterocycles. The number of carboxylic acid groups (broad SMARTS) is 2. The van der Waals surface area contributed by atoms with Crippen LogP contribution in [0.25, 0.3) is 0 Å². The van der Waals surface area contributed by atoms with Crippen molar-refractivity contribution in [3.8, 4) is 0 Å². The maximum Gasteiger partial charge on any atom is 0.336 e. The van der Waals surface area contributed by atoms with Crippen LogP contribution in [0.15, 0.2) is 42.5 Å². The van der Waals surface area contributed by atoms with Gasteiger partial charge in [0.1, 0.15) is 0 Å². The molecule has 2 N–H and O–H groups in total. The molecule has 0 atom stereocenters. The molecule has 0 saturated heterocycles. The molecule has 5 heteroatoms. The van der Waals surface area contributed by atoms with Crippen LogP contribution in [0.3, 0.4) is 0 Å². The van der Waals surface area contributed by atoms with E-state index in [4.69, 9.17) is 5.11 Å². The van der Waals surface area contributed by atoms with Gasteiger partial charge in [-0.15, -0.1) is 0 Å². The Labute approximate surface area is 141 Å². The first-order valence-electron chi connectivity index (χ1n) is 7.73. The van der Waals surface area contributed by atoms with Crippen LogP contribution in [0.5, 0.6) is 0 Å². The van der Waals surface area contributed by atoms with E-state index in [1.807, 2.05) is 36.9 Å². The van der Waals surface area contributed by atoms with Crippen molar-refractivity contribution in [3.63, 3.8) is 0 Å². The van der Waals surface area contributed by atoms with Crippen LogP contribution in [0, 0.1) is 13.8 Å². The SMILES string of the molecule is Cc1ccc(N(CCC(=O)O)Cc2ccccc2C(=O)O)cc1C. The first-order chi connectivity index (χ1) is 11.4. The average molecular weight is 327 g/mol. The van der Waals surface area contributed by atoms with Gasteiger partial charge in [-0.05, 0) is 48.7 Å². The third-order valence-corrected chi connectivity index (χ3v) is 4.06. The van der Waals surface area contributed by atoms with Crippen molar-refractivity contribution in [3.05, 3.63) is 64.7 Å². The Morgan fingerprint density at radius 1 is 1.00 bits per heavy atom. The van der Waals surface area contributed by atoms with Crippen LogP contribution >= 0.6 is 0 Å². The van der Waals surface area contributed by atoms with E-state index in [0.717, 1.165) is 16.8 Å². The molecule has 0 spiro atoms. The van der Waals surface area contributed by atoms with E-state index in [0.29, 0.717) is 18.7 Å². The molecule has 0 saturated carbocycles. The van der Waals surface area contributed by atoms with Gasteiger partial charge in [-0.25, -0.2) is 4.79 Å². The predicted molar refractivity (Wildman–Crippen MR) is 92.6 cm³/mol. The number of carbonyl (C=O) groups is 2. The number of carboxylic acids is 2. The molecule has 0 aliphatic heterocycles. The van der Waals surface area contributed by atoms with Gasteiger partial charge < -0.3 is 15.1 Å². The topological polar surface area (TPSA) is 77.8 Å². The molecule has 0 fully saturated rings. The van der Waals surface area contributed by atoms with Gasteiger partial charge in [0.15, 0.2) is 0 Å². The summed E-state index contributed by atoms with van der Waals surface area (Å²) >= 11 is 0. The molecule has 2 aromatic rings. The number of anilines is 1. The van der Waals surface area contributed by atoms with Crippen LogP contribution in [0.4, 0.5) is 5.69 Å². The van der Waals surface area contributed by atoms with Crippen LogP contribution in [0.2, 0.25) is 0 Å². The highest BCUT2D eigenvalue weighted by molar-refractivity contribution is 5.89. The van der Waals surface area contributed by atoms with Crippen molar-refractivity contribution in [2.24, 2.45) is 0 Å². The maximum atomic E-state index is 11.4. The molecule has 0 unspecified atom stereocenters. The summed E-state index contributed by atoms with van der Waals surface area (Å²) in [4.78, 5) is 24.3. The van der Waals surface area contributed by atoms with E-state index >= 15 is 0 Å². The van der Waals surface area contributed by atoms with Gasteiger partial charge in [0.05, 0.1) is 12.0 Å². The van der Waals surface area contributed by atoms with Gasteiger partial charge in [-0.1, -0.05) is 24.3 Å². The second-order valence-corrected chi connectivity index (χ2v) is 5.80. The van der Waals surface area contributed by atoms with Crippen molar-refractivity contribution in [1.29, 1.82) is 0 Å². The highest BCUT2D eigenvalue weighted by atomic mass is 16.4. The summed E-state index contributed by atoms with van der Waals surface area (Å²) in [5.74, 6) is -1.86. The summed E-state index contributed by atoms with van der Waals surface area (Å²) in [6, 6.07) is 12.7. The number of nitrogens with zero attached hydrogens (tertiary/aromatic N) is 1. The molecular formula is C19H21NO4. The van der Waals surface area contributed by atoms with Crippen molar-refractivity contribution in [2.75, 3.05) is 11.4 Å². The Morgan fingerprint density at radius 3 is 2.33 bits per heavy atom. The molecule has 126 valence electrons. The summed E-state index contributed by atoms with van der Waals surface area (Å²) in [5, 5.41) is 18.3. The van der Waals surface area contributed by atoms with Crippen LogP contribution < -0.4 is 4.90 Å². The van der Waals surface area contributed by atoms with Crippen molar-refractivity contribution >= 4 is 17.6 Å². The van der Waals surface area contributed by atoms with Gasteiger partial charge in [-0.2, -0.15) is 0 Å². The molecule has 5 nitrogen and oxygen atoms in total. The smallest absolute Gasteiger partial charge is 0.336 e. The lowest BCUT2D eigenvalue weighted by atomic mass is 10.1. The van der Waals surface area contributed by atoms with Gasteiger partial charge in [0, 0.05) is 18.8 Å². The molecule has 0 amide bonds. The zero-order valence-corrected chi connectivity index (χ0v) is 13.8. The summed E-state index contributed by atoms with van der Waals surface area (Å²) in [6.07, 6.45) is -0.0117. The first-order valence-corrected chi connectivity index (χ1v) is 7.73. The average Bonchev–Trinajstić information content (AvgIpc) is 2.54. The fraction of sp³-hybridized carbons (Fsp3) is 0.263. The molecule has 2 aromatic carbocycles. The number of hydrogen-bond donors (Lipinski definition) is 2. The Hall–Kier alpha value is -2.82. The molecule has 2 rings (SSSR count). The molecule has 0 aliphatic carbocycles. The fourth-order valence-electron chi connectivity index (χ4n) is 2.52.